The number of fused-ring (bicyclic) bond motifs is 1. The molecule has 0 atom stereocenters. The van der Waals surface area contributed by atoms with Crippen molar-refractivity contribution in [1.29, 1.82) is 5.26 Å². The van der Waals surface area contributed by atoms with Crippen molar-refractivity contribution in [1.82, 2.24) is 14.5 Å². The number of benzene rings is 1. The fourth-order valence-electron chi connectivity index (χ4n) is 2.39. The van der Waals surface area contributed by atoms with Gasteiger partial charge >= 0.3 is 0 Å². The molecule has 0 N–H and O–H groups in total. The maximum Gasteiger partial charge on any atom is 0.139 e. The number of nitriles is 1. The molecule has 0 aliphatic heterocycles. The zero-order chi connectivity index (χ0) is 14.3. The third-order valence-corrected chi connectivity index (χ3v) is 3.62. The molecule has 0 saturated heterocycles. The minimum Gasteiger partial charge on any atom is -0.281 e. The Morgan fingerprint density at radius 3 is 2.70 bits per heavy atom. The van der Waals surface area contributed by atoms with Crippen molar-refractivity contribution < 1.29 is 0 Å². The highest BCUT2D eigenvalue weighted by Crippen LogP contribution is 2.24. The van der Waals surface area contributed by atoms with Gasteiger partial charge in [-0.15, -0.1) is 0 Å². The molecule has 0 saturated carbocycles. The Bertz CT molecular complexity index is 853. The van der Waals surface area contributed by atoms with Crippen molar-refractivity contribution in [3.05, 3.63) is 53.0 Å². The van der Waals surface area contributed by atoms with E-state index in [1.54, 1.807) is 18.3 Å². The molecule has 0 amide bonds. The minimum atomic E-state index is 0.597. The summed E-state index contributed by atoms with van der Waals surface area (Å²) in [4.78, 5) is 9.01. The number of aromatic nitrogens is 3. The van der Waals surface area contributed by atoms with E-state index in [2.05, 4.69) is 42.0 Å². The fourth-order valence-corrected chi connectivity index (χ4v) is 2.39. The van der Waals surface area contributed by atoms with Crippen LogP contribution in [0.25, 0.3) is 16.9 Å². The number of nitrogens with zero attached hydrogens (tertiary/aromatic N) is 4. The van der Waals surface area contributed by atoms with Crippen molar-refractivity contribution in [2.24, 2.45) is 0 Å². The molecule has 2 aromatic heterocycles. The zero-order valence-corrected chi connectivity index (χ0v) is 11.7. The first kappa shape index (κ1) is 12.4. The summed E-state index contributed by atoms with van der Waals surface area (Å²) in [7, 11) is 0. The van der Waals surface area contributed by atoms with E-state index >= 15 is 0 Å². The first-order valence-electron chi connectivity index (χ1n) is 6.43. The summed E-state index contributed by atoms with van der Waals surface area (Å²) < 4.78 is 1.99. The van der Waals surface area contributed by atoms with Crippen LogP contribution in [0.15, 0.2) is 30.5 Å². The van der Waals surface area contributed by atoms with Crippen molar-refractivity contribution >= 4 is 11.0 Å². The molecule has 0 unspecified atom stereocenters. The summed E-state index contributed by atoms with van der Waals surface area (Å²) in [6.45, 7) is 6.11. The zero-order valence-electron chi connectivity index (χ0n) is 11.7. The van der Waals surface area contributed by atoms with E-state index in [1.807, 2.05) is 11.5 Å². The van der Waals surface area contributed by atoms with Crippen LogP contribution in [0, 0.1) is 32.1 Å². The molecule has 0 radical (unpaired) electrons. The van der Waals surface area contributed by atoms with E-state index in [0.29, 0.717) is 5.56 Å². The summed E-state index contributed by atoms with van der Waals surface area (Å²) in [5.41, 5.74) is 5.02. The van der Waals surface area contributed by atoms with Crippen LogP contribution in [0.3, 0.4) is 0 Å². The molecule has 2 heterocycles. The third kappa shape index (κ3) is 1.76. The summed E-state index contributed by atoms with van der Waals surface area (Å²) in [5.74, 6) is 1.60. The first-order valence-corrected chi connectivity index (χ1v) is 6.43. The van der Waals surface area contributed by atoms with E-state index in [9.17, 15) is 0 Å². The molecule has 0 aliphatic rings. The van der Waals surface area contributed by atoms with Gasteiger partial charge in [0, 0.05) is 6.20 Å². The van der Waals surface area contributed by atoms with Crippen LogP contribution in [0.1, 0.15) is 22.5 Å². The number of hydrogen-bond donors (Lipinski definition) is 0. The van der Waals surface area contributed by atoms with Crippen LogP contribution in [-0.2, 0) is 0 Å². The molecule has 0 spiro atoms. The number of rotatable bonds is 1. The lowest BCUT2D eigenvalue weighted by molar-refractivity contribution is 0.955. The SMILES string of the molecule is Cc1ccc2c(nc(C)n2-c2cc(C#N)ccn2)c1C. The minimum absolute atomic E-state index is 0.597. The van der Waals surface area contributed by atoms with E-state index in [4.69, 9.17) is 5.26 Å². The van der Waals surface area contributed by atoms with Crippen LogP contribution in [0.5, 0.6) is 0 Å². The average Bonchev–Trinajstić information content (AvgIpc) is 2.80. The normalized spacial score (nSPS) is 10.7. The first-order chi connectivity index (χ1) is 9.61. The molecule has 0 fully saturated rings. The molecule has 1 aromatic carbocycles. The maximum atomic E-state index is 9.02. The van der Waals surface area contributed by atoms with Gasteiger partial charge in [-0.3, -0.25) is 4.57 Å². The molecule has 98 valence electrons. The van der Waals surface area contributed by atoms with Crippen molar-refractivity contribution in [2.75, 3.05) is 0 Å². The van der Waals surface area contributed by atoms with Crippen LogP contribution < -0.4 is 0 Å². The van der Waals surface area contributed by atoms with E-state index < -0.39 is 0 Å². The highest BCUT2D eigenvalue weighted by atomic mass is 15.1. The Balaban J connectivity index is 2.34. The molecule has 4 heteroatoms. The van der Waals surface area contributed by atoms with E-state index in [-0.39, 0.29) is 0 Å². The number of imidazole rings is 1. The van der Waals surface area contributed by atoms with Gasteiger partial charge in [0.1, 0.15) is 11.6 Å². The van der Waals surface area contributed by atoms with Gasteiger partial charge in [-0.25, -0.2) is 9.97 Å². The van der Waals surface area contributed by atoms with Crippen LogP contribution in [0.4, 0.5) is 0 Å². The van der Waals surface area contributed by atoms with Gasteiger partial charge in [-0.2, -0.15) is 5.26 Å². The van der Waals surface area contributed by atoms with Crippen LogP contribution in [0.2, 0.25) is 0 Å². The molecule has 0 bridgehead atoms. The fraction of sp³-hybridized carbons (Fsp3) is 0.188. The number of hydrogen-bond acceptors (Lipinski definition) is 3. The van der Waals surface area contributed by atoms with Gasteiger partial charge in [0.25, 0.3) is 0 Å². The molecule has 3 aromatic rings. The molecule has 20 heavy (non-hydrogen) atoms. The van der Waals surface area contributed by atoms with Crippen molar-refractivity contribution in [3.63, 3.8) is 0 Å². The second-order valence-corrected chi connectivity index (χ2v) is 4.88. The Labute approximate surface area is 117 Å². The largest absolute Gasteiger partial charge is 0.281 e. The van der Waals surface area contributed by atoms with Crippen LogP contribution >= 0.6 is 0 Å². The average molecular weight is 262 g/mol. The third-order valence-electron chi connectivity index (χ3n) is 3.62. The Morgan fingerprint density at radius 2 is 1.95 bits per heavy atom. The van der Waals surface area contributed by atoms with E-state index in [1.165, 1.54) is 11.1 Å². The van der Waals surface area contributed by atoms with Crippen molar-refractivity contribution in [2.45, 2.75) is 20.8 Å². The molecule has 0 aliphatic carbocycles. The van der Waals surface area contributed by atoms with E-state index in [0.717, 1.165) is 22.7 Å². The Kier molecular flexibility index (Phi) is 2.76. The molecular formula is C16H14N4. The van der Waals surface area contributed by atoms with Gasteiger partial charge in [-0.1, -0.05) is 6.07 Å². The monoisotopic (exact) mass is 262 g/mol. The second kappa shape index (κ2) is 4.46. The quantitative estimate of drug-likeness (QED) is 0.676. The Morgan fingerprint density at radius 1 is 1.15 bits per heavy atom. The number of aryl methyl sites for hydroxylation is 3. The highest BCUT2D eigenvalue weighted by Gasteiger charge is 2.13. The van der Waals surface area contributed by atoms with Crippen molar-refractivity contribution in [3.8, 4) is 11.9 Å². The van der Waals surface area contributed by atoms with Crippen LogP contribution in [-0.4, -0.2) is 14.5 Å². The highest BCUT2D eigenvalue weighted by molar-refractivity contribution is 5.82. The lowest BCUT2D eigenvalue weighted by atomic mass is 10.1. The molecule has 4 nitrogen and oxygen atoms in total. The predicted octanol–water partition coefficient (Wildman–Crippen LogP) is 3.22. The Hall–Kier alpha value is -2.67. The summed E-state index contributed by atoms with van der Waals surface area (Å²) in [5, 5.41) is 9.02. The maximum absolute atomic E-state index is 9.02. The number of pyridine rings is 1. The van der Waals surface area contributed by atoms with Gasteiger partial charge < -0.3 is 0 Å². The topological polar surface area (TPSA) is 54.5 Å². The second-order valence-electron chi connectivity index (χ2n) is 4.88. The summed E-state index contributed by atoms with van der Waals surface area (Å²) in [6, 6.07) is 9.77. The smallest absolute Gasteiger partial charge is 0.139 e. The predicted molar refractivity (Wildman–Crippen MR) is 77.8 cm³/mol. The lowest BCUT2D eigenvalue weighted by Gasteiger charge is -2.06. The molecular weight excluding hydrogens is 248 g/mol. The van der Waals surface area contributed by atoms with Gasteiger partial charge in [0.05, 0.1) is 22.7 Å². The summed E-state index contributed by atoms with van der Waals surface area (Å²) in [6.07, 6.45) is 1.65. The lowest BCUT2D eigenvalue weighted by Crippen LogP contribution is -2.00. The standard InChI is InChI=1S/C16H14N4/c1-10-4-5-14-16(11(10)2)19-12(3)20(14)15-8-13(9-17)6-7-18-15/h4-8H,1-3H3. The van der Waals surface area contributed by atoms with Gasteiger partial charge in [-0.05, 0) is 50.1 Å². The van der Waals surface area contributed by atoms with Gasteiger partial charge in [0.2, 0.25) is 0 Å². The van der Waals surface area contributed by atoms with Gasteiger partial charge in [0.15, 0.2) is 0 Å². The molecule has 3 rings (SSSR count). The summed E-state index contributed by atoms with van der Waals surface area (Å²) >= 11 is 0.